The van der Waals surface area contributed by atoms with Crippen LogP contribution >= 0.6 is 0 Å². The van der Waals surface area contributed by atoms with Gasteiger partial charge in [0, 0.05) is 30.5 Å². The quantitative estimate of drug-likeness (QED) is 0.920. The molecule has 0 saturated carbocycles. The topological polar surface area (TPSA) is 59.2 Å². The highest BCUT2D eigenvalue weighted by Gasteiger charge is 2.22. The fourth-order valence-corrected chi connectivity index (χ4v) is 2.78. The highest BCUT2D eigenvalue weighted by Crippen LogP contribution is 2.27. The molecule has 2 heterocycles. The zero-order valence-electron chi connectivity index (χ0n) is 12.0. The van der Waals surface area contributed by atoms with Crippen molar-refractivity contribution in [1.29, 1.82) is 0 Å². The Bertz CT molecular complexity index is 654. The van der Waals surface area contributed by atoms with Crippen molar-refractivity contribution in [2.45, 2.75) is 25.8 Å². The number of benzene rings is 1. The maximum Gasteiger partial charge on any atom is 0.258 e. The van der Waals surface area contributed by atoms with Gasteiger partial charge in [0.25, 0.3) is 5.91 Å². The van der Waals surface area contributed by atoms with Crippen molar-refractivity contribution < 1.29 is 4.79 Å². The van der Waals surface area contributed by atoms with Gasteiger partial charge in [0.2, 0.25) is 0 Å². The number of fused-ring (bicyclic) bond motifs is 1. The van der Waals surface area contributed by atoms with Crippen LogP contribution in [0.2, 0.25) is 0 Å². The van der Waals surface area contributed by atoms with E-state index in [1.54, 1.807) is 18.3 Å². The van der Waals surface area contributed by atoms with Crippen molar-refractivity contribution in [3.8, 4) is 0 Å². The molecule has 4 heteroatoms. The van der Waals surface area contributed by atoms with Gasteiger partial charge in [-0.1, -0.05) is 18.2 Å². The van der Waals surface area contributed by atoms with Crippen molar-refractivity contribution >= 4 is 11.6 Å². The number of hydrogen-bond acceptors (Lipinski definition) is 3. The molecule has 4 nitrogen and oxygen atoms in total. The van der Waals surface area contributed by atoms with Gasteiger partial charge in [-0.2, -0.15) is 0 Å². The Balaban J connectivity index is 1.97. The average Bonchev–Trinajstić information content (AvgIpc) is 2.76. The summed E-state index contributed by atoms with van der Waals surface area (Å²) in [4.78, 5) is 18.9. The fraction of sp³-hybridized carbons (Fsp3) is 0.294. The number of nitrogens with zero attached hydrogens (tertiary/aromatic N) is 2. The van der Waals surface area contributed by atoms with Gasteiger partial charge < -0.3 is 10.6 Å². The molecule has 0 unspecified atom stereocenters. The first kappa shape index (κ1) is 13.8. The highest BCUT2D eigenvalue weighted by molar-refractivity contribution is 6.06. The third kappa shape index (κ3) is 2.81. The summed E-state index contributed by atoms with van der Waals surface area (Å²) in [5, 5.41) is 0. The Hall–Kier alpha value is -2.20. The van der Waals surface area contributed by atoms with E-state index in [4.69, 9.17) is 5.73 Å². The number of amides is 1. The van der Waals surface area contributed by atoms with E-state index in [0.29, 0.717) is 12.1 Å². The van der Waals surface area contributed by atoms with E-state index in [9.17, 15) is 4.79 Å². The highest BCUT2D eigenvalue weighted by atomic mass is 16.2. The minimum absolute atomic E-state index is 0.0291. The molecule has 0 aliphatic carbocycles. The van der Waals surface area contributed by atoms with Gasteiger partial charge in [-0.25, -0.2) is 0 Å². The van der Waals surface area contributed by atoms with Crippen LogP contribution in [0.3, 0.4) is 0 Å². The number of nitrogens with two attached hydrogens (primary N) is 1. The third-order valence-corrected chi connectivity index (χ3v) is 3.88. The van der Waals surface area contributed by atoms with E-state index in [1.165, 1.54) is 5.56 Å². The Morgan fingerprint density at radius 1 is 1.24 bits per heavy atom. The number of para-hydroxylation sites is 1. The number of carbonyl (C=O) groups excluding carboxylic acids is 1. The maximum absolute atomic E-state index is 12.8. The first-order valence-corrected chi connectivity index (χ1v) is 7.34. The van der Waals surface area contributed by atoms with Gasteiger partial charge in [0.1, 0.15) is 0 Å². The number of rotatable bonds is 2. The maximum atomic E-state index is 12.8. The summed E-state index contributed by atoms with van der Waals surface area (Å²) in [7, 11) is 0. The van der Waals surface area contributed by atoms with Crippen LogP contribution in [-0.2, 0) is 13.0 Å². The van der Waals surface area contributed by atoms with Crippen LogP contribution in [0.25, 0.3) is 0 Å². The molecule has 0 radical (unpaired) electrons. The van der Waals surface area contributed by atoms with Crippen LogP contribution < -0.4 is 10.6 Å². The summed E-state index contributed by atoms with van der Waals surface area (Å²) in [5.41, 5.74) is 9.29. The van der Waals surface area contributed by atoms with Crippen LogP contribution in [0.5, 0.6) is 0 Å². The molecule has 108 valence electrons. The normalized spacial score (nSPS) is 14.4. The lowest BCUT2D eigenvalue weighted by molar-refractivity contribution is 0.0986. The Kier molecular flexibility index (Phi) is 3.97. The molecule has 0 atom stereocenters. The second kappa shape index (κ2) is 6.06. The zero-order chi connectivity index (χ0) is 14.7. The van der Waals surface area contributed by atoms with Gasteiger partial charge in [-0.15, -0.1) is 0 Å². The zero-order valence-corrected chi connectivity index (χ0v) is 12.0. The fourth-order valence-electron chi connectivity index (χ4n) is 2.78. The van der Waals surface area contributed by atoms with Gasteiger partial charge in [0.15, 0.2) is 0 Å². The van der Waals surface area contributed by atoms with E-state index < -0.39 is 0 Å². The number of hydrogen-bond donors (Lipinski definition) is 1. The lowest BCUT2D eigenvalue weighted by Gasteiger charge is -2.23. The molecule has 2 N–H and O–H groups in total. The summed E-state index contributed by atoms with van der Waals surface area (Å²) < 4.78 is 0. The molecular formula is C17H19N3O. The van der Waals surface area contributed by atoms with Gasteiger partial charge in [0.05, 0.1) is 5.69 Å². The number of aryl methyl sites for hydroxylation is 1. The summed E-state index contributed by atoms with van der Waals surface area (Å²) in [6.45, 7) is 1.10. The second-order valence-corrected chi connectivity index (χ2v) is 5.28. The molecule has 1 aromatic carbocycles. The molecule has 0 spiro atoms. The number of aromatic nitrogens is 1. The number of pyridine rings is 1. The SMILES string of the molecule is NCc1cc(C(=O)N2CCCCc3ccccc32)ccn1. The molecule has 1 aliphatic heterocycles. The Morgan fingerprint density at radius 3 is 2.95 bits per heavy atom. The summed E-state index contributed by atoms with van der Waals surface area (Å²) in [6.07, 6.45) is 4.82. The molecule has 2 aromatic rings. The molecule has 1 amide bonds. The Morgan fingerprint density at radius 2 is 2.10 bits per heavy atom. The molecule has 0 saturated heterocycles. The molecule has 21 heavy (non-hydrogen) atoms. The number of carbonyl (C=O) groups is 1. The van der Waals surface area contributed by atoms with E-state index in [0.717, 1.165) is 37.2 Å². The van der Waals surface area contributed by atoms with Crippen LogP contribution in [0.15, 0.2) is 42.6 Å². The monoisotopic (exact) mass is 281 g/mol. The van der Waals surface area contributed by atoms with Crippen LogP contribution in [0.4, 0.5) is 5.69 Å². The minimum atomic E-state index is 0.0291. The van der Waals surface area contributed by atoms with E-state index in [1.807, 2.05) is 23.1 Å². The lowest BCUT2D eigenvalue weighted by Crippen LogP contribution is -2.31. The average molecular weight is 281 g/mol. The van der Waals surface area contributed by atoms with Gasteiger partial charge in [-0.3, -0.25) is 9.78 Å². The van der Waals surface area contributed by atoms with Crippen molar-refractivity contribution in [3.05, 3.63) is 59.4 Å². The third-order valence-electron chi connectivity index (χ3n) is 3.88. The van der Waals surface area contributed by atoms with Crippen LogP contribution in [0.1, 0.15) is 34.5 Å². The molecule has 1 aliphatic rings. The van der Waals surface area contributed by atoms with E-state index >= 15 is 0 Å². The van der Waals surface area contributed by atoms with Crippen molar-refractivity contribution in [1.82, 2.24) is 4.98 Å². The molecule has 1 aromatic heterocycles. The Labute approximate surface area is 124 Å². The van der Waals surface area contributed by atoms with Gasteiger partial charge in [-0.05, 0) is 43.0 Å². The summed E-state index contributed by atoms with van der Waals surface area (Å²) in [5.74, 6) is 0.0291. The first-order chi connectivity index (χ1) is 10.3. The predicted octanol–water partition coefficient (Wildman–Crippen LogP) is 2.52. The molecule has 0 fully saturated rings. The largest absolute Gasteiger partial charge is 0.325 e. The minimum Gasteiger partial charge on any atom is -0.325 e. The van der Waals surface area contributed by atoms with E-state index in [-0.39, 0.29) is 5.91 Å². The van der Waals surface area contributed by atoms with Crippen LogP contribution in [0, 0.1) is 0 Å². The number of anilines is 1. The molecule has 3 rings (SSSR count). The van der Waals surface area contributed by atoms with Gasteiger partial charge >= 0.3 is 0 Å². The standard InChI is InChI=1S/C17H19N3O/c18-12-15-11-14(8-9-19-15)17(21)20-10-4-3-6-13-5-1-2-7-16(13)20/h1-2,5,7-9,11H,3-4,6,10,12,18H2. The summed E-state index contributed by atoms with van der Waals surface area (Å²) >= 11 is 0. The van der Waals surface area contributed by atoms with E-state index in [2.05, 4.69) is 11.1 Å². The first-order valence-electron chi connectivity index (χ1n) is 7.34. The smallest absolute Gasteiger partial charge is 0.258 e. The van der Waals surface area contributed by atoms with Crippen molar-refractivity contribution in [2.75, 3.05) is 11.4 Å². The molecule has 0 bridgehead atoms. The predicted molar refractivity (Wildman–Crippen MR) is 83.2 cm³/mol. The second-order valence-electron chi connectivity index (χ2n) is 5.28. The summed E-state index contributed by atoms with van der Waals surface area (Å²) in [6, 6.07) is 11.7. The van der Waals surface area contributed by atoms with Crippen molar-refractivity contribution in [2.24, 2.45) is 5.73 Å². The van der Waals surface area contributed by atoms with Crippen LogP contribution in [-0.4, -0.2) is 17.4 Å². The molecular weight excluding hydrogens is 262 g/mol. The lowest BCUT2D eigenvalue weighted by atomic mass is 10.1. The van der Waals surface area contributed by atoms with Crippen molar-refractivity contribution in [3.63, 3.8) is 0 Å².